The molecule has 0 bridgehead atoms. The van der Waals surface area contributed by atoms with Crippen molar-refractivity contribution in [2.45, 2.75) is 6.42 Å². The molecule has 42 valence electrons. The number of carbonyl (C=O) groups excluding carboxylic acids is 1. The van der Waals surface area contributed by atoms with E-state index in [2.05, 4.69) is 0 Å². The van der Waals surface area contributed by atoms with E-state index in [1.807, 2.05) is 0 Å². The summed E-state index contributed by atoms with van der Waals surface area (Å²) in [6.07, 6.45) is 3.66. The van der Waals surface area contributed by atoms with Crippen LogP contribution in [0.4, 0.5) is 0 Å². The lowest BCUT2D eigenvalue weighted by atomic mass is 10.3. The van der Waals surface area contributed by atoms with Gasteiger partial charge in [-0.3, -0.25) is 4.79 Å². The topological polar surface area (TPSA) is 34.1 Å². The largest absolute Gasteiger partial charge is 0.289 e. The molecule has 0 saturated heterocycles. The molecule has 0 amide bonds. The van der Waals surface area contributed by atoms with Gasteiger partial charge >= 0.3 is 0 Å². The second-order valence-electron chi connectivity index (χ2n) is 1.48. The molecule has 0 unspecified atom stereocenters. The summed E-state index contributed by atoms with van der Waals surface area (Å²) < 4.78 is 9.96. The minimum absolute atomic E-state index is 0.120. The molecule has 1 aliphatic carbocycles. The summed E-state index contributed by atoms with van der Waals surface area (Å²) in [7, 11) is 0. The molecule has 1 rings (SSSR count). The third-order valence-electron chi connectivity index (χ3n) is 0.948. The Morgan fingerprint density at radius 2 is 2.38 bits per heavy atom. The second-order valence-corrected chi connectivity index (χ2v) is 2.14. The van der Waals surface area contributed by atoms with Gasteiger partial charge in [0.1, 0.15) is 0 Å². The first-order valence-electron chi connectivity index (χ1n) is 2.21. The van der Waals surface area contributed by atoms with Crippen LogP contribution in [0.15, 0.2) is 12.2 Å². The van der Waals surface area contributed by atoms with Crippen LogP contribution in [0.25, 0.3) is 0 Å². The summed E-state index contributed by atoms with van der Waals surface area (Å²) >= 11 is 0.295. The van der Waals surface area contributed by atoms with Crippen molar-refractivity contribution in [1.29, 1.82) is 0 Å². The zero-order chi connectivity index (χ0) is 5.98. The molecule has 0 saturated carbocycles. The first kappa shape index (κ1) is 5.44. The highest BCUT2D eigenvalue weighted by molar-refractivity contribution is 7.68. The highest BCUT2D eigenvalue weighted by atomic mass is 32.1. The zero-order valence-corrected chi connectivity index (χ0v) is 4.90. The molecular weight excluding hydrogens is 124 g/mol. The standard InChI is InChI=1S/C5H4O2S/c6-4-2-1-3-5(4)8-7/h1-2H,3H2. The van der Waals surface area contributed by atoms with Crippen LogP contribution in [0.5, 0.6) is 0 Å². The SMILES string of the molecule is O=S=C1CC=CC1=O. The Kier molecular flexibility index (Phi) is 1.39. The van der Waals surface area contributed by atoms with Crippen LogP contribution in [0.3, 0.4) is 0 Å². The maximum Gasteiger partial charge on any atom is 0.194 e. The van der Waals surface area contributed by atoms with Crippen molar-refractivity contribution >= 4 is 21.9 Å². The number of ketones is 1. The van der Waals surface area contributed by atoms with E-state index in [-0.39, 0.29) is 5.78 Å². The van der Waals surface area contributed by atoms with E-state index in [1.165, 1.54) is 6.08 Å². The fraction of sp³-hybridized carbons (Fsp3) is 0.200. The minimum Gasteiger partial charge on any atom is -0.289 e. The molecule has 8 heavy (non-hydrogen) atoms. The van der Waals surface area contributed by atoms with E-state index in [4.69, 9.17) is 0 Å². The molecule has 0 atom stereocenters. The van der Waals surface area contributed by atoms with Gasteiger partial charge in [0.25, 0.3) is 0 Å². The van der Waals surface area contributed by atoms with Crippen LogP contribution < -0.4 is 0 Å². The number of allylic oxidation sites excluding steroid dienone is 2. The van der Waals surface area contributed by atoms with Crippen molar-refractivity contribution in [1.82, 2.24) is 0 Å². The first-order valence-corrected chi connectivity index (χ1v) is 2.95. The van der Waals surface area contributed by atoms with Gasteiger partial charge in [-0.1, -0.05) is 6.08 Å². The fourth-order valence-electron chi connectivity index (χ4n) is 0.542. The van der Waals surface area contributed by atoms with E-state index in [1.54, 1.807) is 6.08 Å². The maximum atomic E-state index is 10.5. The van der Waals surface area contributed by atoms with Crippen molar-refractivity contribution in [2.24, 2.45) is 0 Å². The normalized spacial score (nSPS) is 17.5. The van der Waals surface area contributed by atoms with Crippen LogP contribution in [0.2, 0.25) is 0 Å². The van der Waals surface area contributed by atoms with Crippen LogP contribution in [-0.4, -0.2) is 14.9 Å². The van der Waals surface area contributed by atoms with E-state index in [0.29, 0.717) is 22.5 Å². The Hall–Kier alpha value is -0.700. The average Bonchev–Trinajstić information content (AvgIpc) is 2.14. The van der Waals surface area contributed by atoms with Crippen molar-refractivity contribution in [2.75, 3.05) is 0 Å². The molecule has 0 aliphatic heterocycles. The van der Waals surface area contributed by atoms with E-state index < -0.39 is 0 Å². The third-order valence-corrected chi connectivity index (χ3v) is 1.52. The Morgan fingerprint density at radius 1 is 1.62 bits per heavy atom. The van der Waals surface area contributed by atoms with Gasteiger partial charge in [-0.2, -0.15) is 0 Å². The van der Waals surface area contributed by atoms with E-state index in [9.17, 15) is 9.00 Å². The highest BCUT2D eigenvalue weighted by Gasteiger charge is 2.10. The van der Waals surface area contributed by atoms with Crippen molar-refractivity contribution in [3.05, 3.63) is 12.2 Å². The predicted molar refractivity (Wildman–Crippen MR) is 31.9 cm³/mol. The minimum atomic E-state index is -0.120. The second kappa shape index (κ2) is 2.05. The summed E-state index contributed by atoms with van der Waals surface area (Å²) in [6, 6.07) is 0. The van der Waals surface area contributed by atoms with E-state index in [0.717, 1.165) is 0 Å². The molecule has 0 radical (unpaired) electrons. The zero-order valence-electron chi connectivity index (χ0n) is 4.09. The summed E-state index contributed by atoms with van der Waals surface area (Å²) in [5.41, 5.74) is 0. The maximum absolute atomic E-state index is 10.5. The summed E-state index contributed by atoms with van der Waals surface area (Å²) in [6.45, 7) is 0. The van der Waals surface area contributed by atoms with Crippen LogP contribution >= 0.6 is 0 Å². The predicted octanol–water partition coefficient (Wildman–Crippen LogP) is -0.0992. The first-order chi connectivity index (χ1) is 3.84. The smallest absolute Gasteiger partial charge is 0.194 e. The van der Waals surface area contributed by atoms with Crippen LogP contribution in [0, 0.1) is 0 Å². The number of hydrogen-bond donors (Lipinski definition) is 0. The van der Waals surface area contributed by atoms with Gasteiger partial charge in [-0.05, 0) is 6.08 Å². The molecule has 0 aromatic rings. The van der Waals surface area contributed by atoms with Crippen molar-refractivity contribution < 1.29 is 9.00 Å². The summed E-state index contributed by atoms with van der Waals surface area (Å²) in [5.74, 6) is -0.120. The molecule has 0 fully saturated rings. The molecule has 0 N–H and O–H groups in total. The third kappa shape index (κ3) is 0.767. The highest BCUT2D eigenvalue weighted by Crippen LogP contribution is 1.98. The molecule has 0 aromatic carbocycles. The summed E-state index contributed by atoms with van der Waals surface area (Å²) in [4.78, 5) is 10.9. The molecular formula is C5H4O2S. The number of carbonyl (C=O) groups is 1. The Bertz CT molecular complexity index is 198. The lowest BCUT2D eigenvalue weighted by molar-refractivity contribution is -0.108. The number of hydrogen-bond acceptors (Lipinski definition) is 2. The van der Waals surface area contributed by atoms with Gasteiger partial charge in [0.2, 0.25) is 0 Å². The van der Waals surface area contributed by atoms with Gasteiger partial charge in [-0.25, -0.2) is 4.21 Å². The van der Waals surface area contributed by atoms with Gasteiger partial charge in [-0.15, -0.1) is 0 Å². The number of rotatable bonds is 0. The molecule has 3 heteroatoms. The van der Waals surface area contributed by atoms with Crippen molar-refractivity contribution in [3.8, 4) is 0 Å². The lowest BCUT2D eigenvalue weighted by Crippen LogP contribution is -2.02. The average molecular weight is 128 g/mol. The molecule has 0 heterocycles. The van der Waals surface area contributed by atoms with Crippen LogP contribution in [-0.2, 0) is 16.1 Å². The quantitative estimate of drug-likeness (QED) is 0.427. The Labute approximate surface area is 50.3 Å². The molecule has 2 nitrogen and oxygen atoms in total. The lowest BCUT2D eigenvalue weighted by Gasteiger charge is -1.77. The summed E-state index contributed by atoms with van der Waals surface area (Å²) in [5, 5.41) is 0. The van der Waals surface area contributed by atoms with Gasteiger partial charge in [0.05, 0.1) is 16.1 Å². The van der Waals surface area contributed by atoms with Crippen molar-refractivity contribution in [3.63, 3.8) is 0 Å². The van der Waals surface area contributed by atoms with Gasteiger partial charge in [0, 0.05) is 6.42 Å². The fourth-order valence-corrected chi connectivity index (χ4v) is 0.856. The van der Waals surface area contributed by atoms with E-state index >= 15 is 0 Å². The molecule has 1 aliphatic rings. The van der Waals surface area contributed by atoms with Gasteiger partial charge in [0.15, 0.2) is 5.78 Å². The van der Waals surface area contributed by atoms with Crippen LogP contribution in [0.1, 0.15) is 6.42 Å². The Balaban J connectivity index is 2.95. The molecule has 0 spiro atoms. The monoisotopic (exact) mass is 128 g/mol. The van der Waals surface area contributed by atoms with Gasteiger partial charge < -0.3 is 0 Å². The molecule has 0 aromatic heterocycles. The Morgan fingerprint density at radius 3 is 2.62 bits per heavy atom.